The topological polar surface area (TPSA) is 29.5 Å². The minimum absolute atomic E-state index is 0.464. The molecule has 2 aromatic rings. The van der Waals surface area contributed by atoms with Crippen LogP contribution in [0.2, 0.25) is 10.0 Å². The van der Waals surface area contributed by atoms with E-state index in [2.05, 4.69) is 15.9 Å². The van der Waals surface area contributed by atoms with Crippen molar-refractivity contribution in [1.29, 1.82) is 0 Å². The predicted molar refractivity (Wildman–Crippen MR) is 85.8 cm³/mol. The minimum atomic E-state index is -1.31. The molecule has 0 heterocycles. The lowest BCUT2D eigenvalue weighted by Gasteiger charge is -2.27. The van der Waals surface area contributed by atoms with Crippen LogP contribution in [0.25, 0.3) is 0 Å². The maximum absolute atomic E-state index is 10.9. The zero-order valence-electron chi connectivity index (χ0n) is 11.0. The number of hydrogen-bond acceptors (Lipinski definition) is 2. The first kappa shape index (κ1) is 15.6. The van der Waals surface area contributed by atoms with Crippen LogP contribution in [0.5, 0.6) is 5.75 Å². The number of benzene rings is 2. The zero-order valence-corrected chi connectivity index (χ0v) is 14.1. The molecule has 2 nitrogen and oxygen atoms in total. The van der Waals surface area contributed by atoms with Crippen molar-refractivity contribution in [2.45, 2.75) is 12.5 Å². The van der Waals surface area contributed by atoms with Crippen LogP contribution in [0.15, 0.2) is 40.9 Å². The Morgan fingerprint density at radius 3 is 2.40 bits per heavy atom. The van der Waals surface area contributed by atoms with E-state index in [1.54, 1.807) is 44.4 Å². The van der Waals surface area contributed by atoms with E-state index < -0.39 is 5.60 Å². The van der Waals surface area contributed by atoms with E-state index >= 15 is 0 Å². The van der Waals surface area contributed by atoms with Gasteiger partial charge in [0.1, 0.15) is 11.4 Å². The van der Waals surface area contributed by atoms with Crippen LogP contribution >= 0.6 is 39.1 Å². The summed E-state index contributed by atoms with van der Waals surface area (Å²) in [4.78, 5) is 0. The molecule has 0 aromatic heterocycles. The van der Waals surface area contributed by atoms with Crippen LogP contribution in [0.1, 0.15) is 18.1 Å². The van der Waals surface area contributed by atoms with Crippen LogP contribution in [0.4, 0.5) is 0 Å². The first-order chi connectivity index (χ1) is 9.36. The molecule has 0 radical (unpaired) electrons. The van der Waals surface area contributed by atoms with Gasteiger partial charge in [-0.15, -0.1) is 0 Å². The molecular formula is C15H13BrCl2O2. The molecule has 0 bridgehead atoms. The number of hydrogen-bond donors (Lipinski definition) is 1. The van der Waals surface area contributed by atoms with Crippen LogP contribution < -0.4 is 4.74 Å². The van der Waals surface area contributed by atoms with E-state index in [0.29, 0.717) is 26.9 Å². The highest BCUT2D eigenvalue weighted by molar-refractivity contribution is 9.10. The van der Waals surface area contributed by atoms with Crippen molar-refractivity contribution in [3.05, 3.63) is 62.0 Å². The van der Waals surface area contributed by atoms with Crippen LogP contribution in [-0.2, 0) is 5.60 Å². The second kappa shape index (κ2) is 5.94. The fourth-order valence-electron chi connectivity index (χ4n) is 2.09. The van der Waals surface area contributed by atoms with Crippen molar-refractivity contribution in [2.75, 3.05) is 7.11 Å². The van der Waals surface area contributed by atoms with Crippen molar-refractivity contribution in [3.8, 4) is 5.75 Å². The molecule has 1 N–H and O–H groups in total. The molecule has 2 rings (SSSR count). The molecule has 0 spiro atoms. The average molecular weight is 376 g/mol. The van der Waals surface area contributed by atoms with E-state index in [1.165, 1.54) is 0 Å². The highest BCUT2D eigenvalue weighted by Gasteiger charge is 2.31. The SMILES string of the molecule is COc1ccc(Cl)cc1C(C)(O)c1ccc(Br)cc1Cl. The zero-order chi connectivity index (χ0) is 14.9. The Balaban J connectivity index is 2.62. The highest BCUT2D eigenvalue weighted by atomic mass is 79.9. The predicted octanol–water partition coefficient (Wildman–Crippen LogP) is 5.02. The lowest BCUT2D eigenvalue weighted by Crippen LogP contribution is -2.24. The van der Waals surface area contributed by atoms with Gasteiger partial charge in [-0.05, 0) is 37.3 Å². The van der Waals surface area contributed by atoms with Gasteiger partial charge in [-0.3, -0.25) is 0 Å². The molecule has 1 atom stereocenters. The second-order valence-electron chi connectivity index (χ2n) is 4.54. The van der Waals surface area contributed by atoms with Gasteiger partial charge >= 0.3 is 0 Å². The van der Waals surface area contributed by atoms with E-state index in [9.17, 15) is 5.11 Å². The average Bonchev–Trinajstić information content (AvgIpc) is 2.38. The van der Waals surface area contributed by atoms with Crippen LogP contribution in [0.3, 0.4) is 0 Å². The first-order valence-corrected chi connectivity index (χ1v) is 7.43. The molecule has 0 aliphatic rings. The highest BCUT2D eigenvalue weighted by Crippen LogP contribution is 2.40. The Labute approximate surface area is 136 Å². The summed E-state index contributed by atoms with van der Waals surface area (Å²) in [6, 6.07) is 10.4. The van der Waals surface area contributed by atoms with Gasteiger partial charge in [0.2, 0.25) is 0 Å². The van der Waals surface area contributed by atoms with E-state index in [1.807, 2.05) is 6.07 Å². The second-order valence-corrected chi connectivity index (χ2v) is 6.30. The molecule has 1 unspecified atom stereocenters. The Kier molecular flexibility index (Phi) is 4.65. The molecule has 106 valence electrons. The van der Waals surface area contributed by atoms with E-state index in [0.717, 1.165) is 4.47 Å². The van der Waals surface area contributed by atoms with Crippen molar-refractivity contribution < 1.29 is 9.84 Å². The molecular weight excluding hydrogens is 363 g/mol. The fraction of sp³-hybridized carbons (Fsp3) is 0.200. The monoisotopic (exact) mass is 374 g/mol. The van der Waals surface area contributed by atoms with Crippen molar-refractivity contribution >= 4 is 39.1 Å². The van der Waals surface area contributed by atoms with Gasteiger partial charge in [0.25, 0.3) is 0 Å². The van der Waals surface area contributed by atoms with Gasteiger partial charge in [-0.1, -0.05) is 45.2 Å². The largest absolute Gasteiger partial charge is 0.496 e. The third-order valence-corrected chi connectivity index (χ3v) is 4.18. The summed E-state index contributed by atoms with van der Waals surface area (Å²) in [5, 5.41) is 11.9. The molecule has 0 aliphatic carbocycles. The maximum Gasteiger partial charge on any atom is 0.125 e. The lowest BCUT2D eigenvalue weighted by atomic mass is 9.87. The molecule has 0 saturated carbocycles. The molecule has 0 amide bonds. The summed E-state index contributed by atoms with van der Waals surface area (Å²) in [6.45, 7) is 1.66. The normalized spacial score (nSPS) is 13.9. The van der Waals surface area contributed by atoms with Crippen molar-refractivity contribution in [2.24, 2.45) is 0 Å². The number of halogens is 3. The van der Waals surface area contributed by atoms with Gasteiger partial charge in [-0.2, -0.15) is 0 Å². The number of rotatable bonds is 3. The summed E-state index contributed by atoms with van der Waals surface area (Å²) in [6.07, 6.45) is 0. The minimum Gasteiger partial charge on any atom is -0.496 e. The molecule has 0 fully saturated rings. The Morgan fingerprint density at radius 1 is 1.10 bits per heavy atom. The summed E-state index contributed by atoms with van der Waals surface area (Å²) in [5.41, 5.74) is -0.159. The van der Waals surface area contributed by atoms with Gasteiger partial charge in [0.05, 0.1) is 7.11 Å². The quantitative estimate of drug-likeness (QED) is 0.815. The standard InChI is InChI=1S/C15H13BrCl2O2/c1-15(19,11-5-3-9(16)7-13(11)18)12-8-10(17)4-6-14(12)20-2/h3-8,19H,1-2H3. The smallest absolute Gasteiger partial charge is 0.125 e. The first-order valence-electron chi connectivity index (χ1n) is 5.88. The molecule has 2 aromatic carbocycles. The molecule has 20 heavy (non-hydrogen) atoms. The summed E-state index contributed by atoms with van der Waals surface area (Å²) < 4.78 is 6.15. The van der Waals surface area contributed by atoms with Crippen LogP contribution in [-0.4, -0.2) is 12.2 Å². The molecule has 0 saturated heterocycles. The number of aliphatic hydroxyl groups is 1. The van der Waals surface area contributed by atoms with E-state index in [-0.39, 0.29) is 0 Å². The van der Waals surface area contributed by atoms with Gasteiger partial charge in [0.15, 0.2) is 0 Å². The maximum atomic E-state index is 10.9. The third kappa shape index (κ3) is 2.96. The van der Waals surface area contributed by atoms with Crippen molar-refractivity contribution in [1.82, 2.24) is 0 Å². The summed E-state index contributed by atoms with van der Waals surface area (Å²) in [7, 11) is 1.55. The third-order valence-electron chi connectivity index (χ3n) is 3.14. The summed E-state index contributed by atoms with van der Waals surface area (Å²) in [5.74, 6) is 0.554. The number of ether oxygens (including phenoxy) is 1. The van der Waals surface area contributed by atoms with Gasteiger partial charge in [0, 0.05) is 25.6 Å². The van der Waals surface area contributed by atoms with Crippen LogP contribution in [0, 0.1) is 0 Å². The Bertz CT molecular complexity index is 642. The Morgan fingerprint density at radius 2 is 1.80 bits per heavy atom. The van der Waals surface area contributed by atoms with Gasteiger partial charge < -0.3 is 9.84 Å². The molecule has 0 aliphatic heterocycles. The summed E-state index contributed by atoms with van der Waals surface area (Å²) >= 11 is 15.6. The Hall–Kier alpha value is -0.740. The van der Waals surface area contributed by atoms with Crippen molar-refractivity contribution in [3.63, 3.8) is 0 Å². The molecule has 5 heteroatoms. The fourth-order valence-corrected chi connectivity index (χ4v) is 3.12. The lowest BCUT2D eigenvalue weighted by molar-refractivity contribution is 0.0990. The van der Waals surface area contributed by atoms with Gasteiger partial charge in [-0.25, -0.2) is 0 Å². The van der Waals surface area contributed by atoms with E-state index in [4.69, 9.17) is 27.9 Å². The number of methoxy groups -OCH3 is 1.